The van der Waals surface area contributed by atoms with E-state index in [9.17, 15) is 9.50 Å². The van der Waals surface area contributed by atoms with Gasteiger partial charge >= 0.3 is 0 Å². The van der Waals surface area contributed by atoms with Gasteiger partial charge in [0.25, 0.3) is 0 Å². The van der Waals surface area contributed by atoms with Gasteiger partial charge in [-0.1, -0.05) is 0 Å². The predicted molar refractivity (Wildman–Crippen MR) is 100 cm³/mol. The lowest BCUT2D eigenvalue weighted by atomic mass is 9.78. The van der Waals surface area contributed by atoms with Gasteiger partial charge in [-0.3, -0.25) is 0 Å². The summed E-state index contributed by atoms with van der Waals surface area (Å²) in [7, 11) is 0. The van der Waals surface area contributed by atoms with Crippen LogP contribution in [0.15, 0.2) is 49.1 Å². The van der Waals surface area contributed by atoms with Crippen LogP contribution in [0.2, 0.25) is 0 Å². The number of benzene rings is 1. The van der Waals surface area contributed by atoms with E-state index in [2.05, 4.69) is 20.5 Å². The Balaban J connectivity index is 1.34. The number of phenols is 1. The lowest BCUT2D eigenvalue weighted by Gasteiger charge is -2.44. The van der Waals surface area contributed by atoms with Gasteiger partial charge in [-0.2, -0.15) is 0 Å². The fraction of sp³-hybridized carbons (Fsp3) is 0.350. The molecule has 2 N–H and O–H groups in total. The number of halogens is 1. The molecule has 144 valence electrons. The summed E-state index contributed by atoms with van der Waals surface area (Å²) in [5, 5.41) is 21.9. The molecule has 2 bridgehead atoms. The van der Waals surface area contributed by atoms with E-state index in [0.717, 1.165) is 25.1 Å². The Morgan fingerprint density at radius 3 is 2.75 bits per heavy atom. The molecule has 3 aliphatic rings. The first-order chi connectivity index (χ1) is 13.7. The number of fused-ring (bicyclic) bond motifs is 3. The molecule has 0 radical (unpaired) electrons. The number of rotatable bonds is 4. The molecule has 8 heteroatoms. The van der Waals surface area contributed by atoms with Crippen LogP contribution in [0.4, 0.5) is 4.39 Å². The molecule has 4 heterocycles. The highest BCUT2D eigenvalue weighted by molar-refractivity contribution is 5.68. The van der Waals surface area contributed by atoms with Crippen LogP contribution in [0.5, 0.6) is 11.6 Å². The molecule has 0 amide bonds. The maximum Gasteiger partial charge on any atom is 0.233 e. The van der Waals surface area contributed by atoms with E-state index < -0.39 is 12.3 Å². The molecule has 2 saturated heterocycles. The van der Waals surface area contributed by atoms with Crippen molar-refractivity contribution in [3.63, 3.8) is 0 Å². The largest absolute Gasteiger partial charge is 0.507 e. The second kappa shape index (κ2) is 6.87. The monoisotopic (exact) mass is 381 g/mol. The zero-order chi connectivity index (χ0) is 19.1. The third-order valence-corrected chi connectivity index (χ3v) is 5.61. The van der Waals surface area contributed by atoms with Crippen LogP contribution in [0.25, 0.3) is 16.9 Å². The van der Waals surface area contributed by atoms with E-state index in [4.69, 9.17) is 4.74 Å². The van der Waals surface area contributed by atoms with E-state index in [0.29, 0.717) is 17.1 Å². The summed E-state index contributed by atoms with van der Waals surface area (Å²) < 4.78 is 22.1. The van der Waals surface area contributed by atoms with Crippen molar-refractivity contribution in [3.8, 4) is 28.6 Å². The number of alkyl halides is 1. The van der Waals surface area contributed by atoms with Crippen molar-refractivity contribution in [1.29, 1.82) is 0 Å². The van der Waals surface area contributed by atoms with E-state index in [1.165, 1.54) is 0 Å². The van der Waals surface area contributed by atoms with Gasteiger partial charge in [-0.25, -0.2) is 9.37 Å². The summed E-state index contributed by atoms with van der Waals surface area (Å²) in [6, 6.07) is 8.55. The average molecular weight is 381 g/mol. The summed E-state index contributed by atoms with van der Waals surface area (Å²) in [4.78, 5) is 4.00. The van der Waals surface area contributed by atoms with Crippen LogP contribution in [-0.4, -0.2) is 49.7 Å². The Morgan fingerprint density at radius 2 is 2.11 bits per heavy atom. The van der Waals surface area contributed by atoms with Crippen LogP contribution in [0.1, 0.15) is 12.8 Å². The summed E-state index contributed by atoms with van der Waals surface area (Å²) in [5.41, 5.74) is 1.87. The third kappa shape index (κ3) is 2.99. The number of hydrogen-bond donors (Lipinski definition) is 2. The molecule has 3 aromatic rings. The normalized spacial score (nSPS) is 26.3. The number of nitrogens with zero attached hydrogens (tertiary/aromatic N) is 4. The number of ether oxygens (including phenoxy) is 1. The quantitative estimate of drug-likeness (QED) is 0.722. The molecule has 7 nitrogen and oxygen atoms in total. The van der Waals surface area contributed by atoms with Crippen molar-refractivity contribution >= 4 is 0 Å². The summed E-state index contributed by atoms with van der Waals surface area (Å²) in [5.74, 6) is 0.549. The Kier molecular flexibility index (Phi) is 4.20. The molecule has 2 aromatic heterocycles. The van der Waals surface area contributed by atoms with Gasteiger partial charge in [-0.05, 0) is 31.0 Å². The van der Waals surface area contributed by atoms with Gasteiger partial charge in [0.1, 0.15) is 11.9 Å². The van der Waals surface area contributed by atoms with Crippen LogP contribution in [0.3, 0.4) is 0 Å². The minimum atomic E-state index is -1.03. The zero-order valence-corrected chi connectivity index (χ0v) is 15.1. The van der Waals surface area contributed by atoms with Gasteiger partial charge in [0.2, 0.25) is 5.88 Å². The first kappa shape index (κ1) is 17.1. The average Bonchev–Trinajstić information content (AvgIpc) is 3.27. The zero-order valence-electron chi connectivity index (χ0n) is 15.1. The van der Waals surface area contributed by atoms with Gasteiger partial charge in [0, 0.05) is 48.6 Å². The topological polar surface area (TPSA) is 85.1 Å². The number of aromatic nitrogens is 4. The SMILES string of the molecule is Oc1cc(-n2ccnc2)ccc1-c1ccc(O[C@H]2[C@H]3CC[C@H](NC3)[C@H]2F)nn1. The molecule has 2 aliphatic heterocycles. The highest BCUT2D eigenvalue weighted by Crippen LogP contribution is 2.35. The molecule has 0 spiro atoms. The van der Waals surface area contributed by atoms with Crippen LogP contribution < -0.4 is 10.1 Å². The Bertz CT molecular complexity index is 953. The van der Waals surface area contributed by atoms with Gasteiger partial charge in [0.05, 0.1) is 17.7 Å². The van der Waals surface area contributed by atoms with Crippen molar-refractivity contribution in [3.05, 3.63) is 49.1 Å². The number of aromatic hydroxyl groups is 1. The summed E-state index contributed by atoms with van der Waals surface area (Å²) >= 11 is 0. The standard InChI is InChI=1S/C20H20FN5O2/c21-19-16-4-1-12(10-23-16)20(19)28-18-6-5-15(24-25-18)14-3-2-13(9-17(14)27)26-8-7-22-11-26/h2-3,5-9,11-12,16,19-20,23,27H,1,4,10H2/t12-,16-,19+,20-/m0/s1. The first-order valence-electron chi connectivity index (χ1n) is 9.38. The van der Waals surface area contributed by atoms with E-state index in [1.807, 2.05) is 6.07 Å². The number of hydrogen-bond acceptors (Lipinski definition) is 6. The molecule has 0 unspecified atom stereocenters. The van der Waals surface area contributed by atoms with Crippen LogP contribution in [0, 0.1) is 5.92 Å². The minimum absolute atomic E-state index is 0.0913. The highest BCUT2D eigenvalue weighted by atomic mass is 19.1. The van der Waals surface area contributed by atoms with Crippen LogP contribution in [-0.2, 0) is 0 Å². The van der Waals surface area contributed by atoms with Crippen molar-refractivity contribution in [1.82, 2.24) is 25.1 Å². The van der Waals surface area contributed by atoms with E-state index in [1.54, 1.807) is 47.6 Å². The minimum Gasteiger partial charge on any atom is -0.507 e. The molecule has 3 fully saturated rings. The Morgan fingerprint density at radius 1 is 1.18 bits per heavy atom. The predicted octanol–water partition coefficient (Wildman–Crippen LogP) is 2.50. The second-order valence-electron chi connectivity index (χ2n) is 7.31. The Hall–Kier alpha value is -3.00. The van der Waals surface area contributed by atoms with Crippen LogP contribution >= 0.6 is 0 Å². The molecular weight excluding hydrogens is 361 g/mol. The molecule has 6 rings (SSSR count). The smallest absolute Gasteiger partial charge is 0.233 e. The van der Waals surface area contributed by atoms with Crippen molar-refractivity contribution in [2.45, 2.75) is 31.2 Å². The third-order valence-electron chi connectivity index (χ3n) is 5.61. The number of piperidine rings is 2. The van der Waals surface area contributed by atoms with E-state index >= 15 is 0 Å². The summed E-state index contributed by atoms with van der Waals surface area (Å²) in [6.07, 6.45) is 5.43. The number of imidazole rings is 1. The van der Waals surface area contributed by atoms with Crippen molar-refractivity contribution < 1.29 is 14.2 Å². The van der Waals surface area contributed by atoms with E-state index in [-0.39, 0.29) is 17.7 Å². The van der Waals surface area contributed by atoms with Crippen molar-refractivity contribution in [2.75, 3.05) is 6.54 Å². The molecule has 1 aliphatic carbocycles. The number of phenolic OH excluding ortho intramolecular Hbond substituents is 1. The second-order valence-corrected chi connectivity index (χ2v) is 7.31. The fourth-order valence-corrected chi connectivity index (χ4v) is 4.08. The number of nitrogens with one attached hydrogen (secondary N) is 1. The maximum absolute atomic E-state index is 14.5. The lowest BCUT2D eigenvalue weighted by Crippen LogP contribution is -2.61. The molecule has 1 saturated carbocycles. The fourth-order valence-electron chi connectivity index (χ4n) is 4.08. The molecular formula is C20H20FN5O2. The lowest BCUT2D eigenvalue weighted by molar-refractivity contribution is -0.0353. The molecule has 4 atom stereocenters. The highest BCUT2D eigenvalue weighted by Gasteiger charge is 2.45. The van der Waals surface area contributed by atoms with Gasteiger partial charge < -0.3 is 19.7 Å². The van der Waals surface area contributed by atoms with Gasteiger partial charge in [0.15, 0.2) is 6.17 Å². The summed E-state index contributed by atoms with van der Waals surface area (Å²) in [6.45, 7) is 0.776. The first-order valence-corrected chi connectivity index (χ1v) is 9.38. The van der Waals surface area contributed by atoms with Gasteiger partial charge in [-0.15, -0.1) is 10.2 Å². The molecule has 1 aromatic carbocycles. The maximum atomic E-state index is 14.5. The molecule has 28 heavy (non-hydrogen) atoms. The van der Waals surface area contributed by atoms with Crippen molar-refractivity contribution in [2.24, 2.45) is 5.92 Å². The Labute approximate surface area is 161 Å².